The van der Waals surface area contributed by atoms with Gasteiger partial charge in [0.05, 0.1) is 4.90 Å². The molecule has 1 aliphatic heterocycles. The molecule has 0 spiro atoms. The van der Waals surface area contributed by atoms with Crippen molar-refractivity contribution in [3.8, 4) is 0 Å². The van der Waals surface area contributed by atoms with Crippen LogP contribution in [0.5, 0.6) is 0 Å². The molecule has 1 saturated heterocycles. The summed E-state index contributed by atoms with van der Waals surface area (Å²) in [7, 11) is -1.64. The van der Waals surface area contributed by atoms with Gasteiger partial charge in [0.25, 0.3) is 0 Å². The summed E-state index contributed by atoms with van der Waals surface area (Å²) >= 11 is 1.67. The third kappa shape index (κ3) is 5.31. The van der Waals surface area contributed by atoms with Gasteiger partial charge in [0.15, 0.2) is 5.96 Å². The zero-order chi connectivity index (χ0) is 19.1. The SMILES string of the molecule is CN=C(NCc1ccc(S(=O)(=O)N2CCCCC2)cc1)NCc1ccsc1. The second-order valence-electron chi connectivity index (χ2n) is 6.52. The molecule has 27 heavy (non-hydrogen) atoms. The number of sulfonamides is 1. The molecular formula is C19H26N4O2S2. The Morgan fingerprint density at radius 2 is 1.70 bits per heavy atom. The molecule has 6 nitrogen and oxygen atoms in total. The highest BCUT2D eigenvalue weighted by Crippen LogP contribution is 2.20. The molecule has 0 radical (unpaired) electrons. The number of nitrogens with zero attached hydrogens (tertiary/aromatic N) is 2. The van der Waals surface area contributed by atoms with E-state index in [2.05, 4.69) is 27.1 Å². The first kappa shape index (κ1) is 19.9. The van der Waals surface area contributed by atoms with E-state index in [9.17, 15) is 8.42 Å². The summed E-state index contributed by atoms with van der Waals surface area (Å²) in [6, 6.07) is 9.18. The van der Waals surface area contributed by atoms with Gasteiger partial charge in [-0.3, -0.25) is 4.99 Å². The van der Waals surface area contributed by atoms with Crippen LogP contribution in [0.3, 0.4) is 0 Å². The average Bonchev–Trinajstić information content (AvgIpc) is 3.23. The molecule has 3 rings (SSSR count). The Kier molecular flexibility index (Phi) is 6.87. The number of thiophene rings is 1. The number of aliphatic imine (C=N–C) groups is 1. The Balaban J connectivity index is 1.55. The average molecular weight is 407 g/mol. The highest BCUT2D eigenvalue weighted by atomic mass is 32.2. The van der Waals surface area contributed by atoms with Gasteiger partial charge in [-0.1, -0.05) is 18.6 Å². The minimum Gasteiger partial charge on any atom is -0.352 e. The molecule has 1 fully saturated rings. The summed E-state index contributed by atoms with van der Waals surface area (Å²) in [6.45, 7) is 2.54. The Bertz CT molecular complexity index is 840. The summed E-state index contributed by atoms with van der Waals surface area (Å²) in [5, 5.41) is 10.7. The minimum absolute atomic E-state index is 0.369. The van der Waals surface area contributed by atoms with Gasteiger partial charge in [-0.2, -0.15) is 15.6 Å². The smallest absolute Gasteiger partial charge is 0.243 e. The number of hydrogen-bond acceptors (Lipinski definition) is 4. The third-order valence-electron chi connectivity index (χ3n) is 4.60. The number of benzene rings is 1. The molecule has 2 aromatic rings. The topological polar surface area (TPSA) is 73.8 Å². The lowest BCUT2D eigenvalue weighted by Crippen LogP contribution is -2.36. The summed E-state index contributed by atoms with van der Waals surface area (Å²) in [5.41, 5.74) is 2.22. The van der Waals surface area contributed by atoms with Crippen molar-refractivity contribution in [3.05, 3.63) is 52.2 Å². The van der Waals surface area contributed by atoms with Crippen LogP contribution in [0.1, 0.15) is 30.4 Å². The molecule has 0 aliphatic carbocycles. The second kappa shape index (κ2) is 9.34. The predicted octanol–water partition coefficient (Wildman–Crippen LogP) is 2.79. The standard InChI is InChI=1S/C19H26N4O2S2/c1-20-19(22-14-17-9-12-26-15-17)21-13-16-5-7-18(8-6-16)27(24,25)23-10-3-2-4-11-23/h5-9,12,15H,2-4,10-11,13-14H2,1H3,(H2,20,21,22). The normalized spacial score (nSPS) is 16.3. The van der Waals surface area contributed by atoms with Crippen LogP contribution in [0.25, 0.3) is 0 Å². The zero-order valence-corrected chi connectivity index (χ0v) is 17.2. The number of nitrogens with one attached hydrogen (secondary N) is 2. The van der Waals surface area contributed by atoms with Crippen LogP contribution < -0.4 is 10.6 Å². The van der Waals surface area contributed by atoms with E-state index in [4.69, 9.17) is 0 Å². The van der Waals surface area contributed by atoms with Crippen molar-refractivity contribution in [2.75, 3.05) is 20.1 Å². The number of piperidine rings is 1. The third-order valence-corrected chi connectivity index (χ3v) is 7.24. The van der Waals surface area contributed by atoms with Crippen molar-refractivity contribution < 1.29 is 8.42 Å². The van der Waals surface area contributed by atoms with Crippen LogP contribution >= 0.6 is 11.3 Å². The first-order chi connectivity index (χ1) is 13.1. The quantitative estimate of drug-likeness (QED) is 0.571. The molecule has 0 bridgehead atoms. The van der Waals surface area contributed by atoms with Crippen molar-refractivity contribution in [2.45, 2.75) is 37.2 Å². The fourth-order valence-electron chi connectivity index (χ4n) is 3.02. The molecule has 2 heterocycles. The molecule has 0 amide bonds. The Labute approximate surface area is 165 Å². The van der Waals surface area contributed by atoms with Crippen molar-refractivity contribution >= 4 is 27.3 Å². The molecule has 1 aromatic carbocycles. The summed E-state index contributed by atoms with van der Waals surface area (Å²) in [5.74, 6) is 0.714. The summed E-state index contributed by atoms with van der Waals surface area (Å²) in [4.78, 5) is 4.58. The predicted molar refractivity (Wildman–Crippen MR) is 110 cm³/mol. The lowest BCUT2D eigenvalue weighted by Gasteiger charge is -2.25. The molecule has 0 atom stereocenters. The van der Waals surface area contributed by atoms with Crippen LogP contribution in [0.4, 0.5) is 0 Å². The fraction of sp³-hybridized carbons (Fsp3) is 0.421. The van der Waals surface area contributed by atoms with Crippen LogP contribution in [-0.4, -0.2) is 38.8 Å². The first-order valence-electron chi connectivity index (χ1n) is 9.14. The van der Waals surface area contributed by atoms with E-state index in [0.29, 0.717) is 30.5 Å². The Morgan fingerprint density at radius 1 is 1.04 bits per heavy atom. The van der Waals surface area contributed by atoms with Crippen LogP contribution in [0, 0.1) is 0 Å². The van der Waals surface area contributed by atoms with Gasteiger partial charge in [-0.15, -0.1) is 0 Å². The Hall–Kier alpha value is -1.90. The van der Waals surface area contributed by atoms with E-state index in [1.165, 1.54) is 5.56 Å². The van der Waals surface area contributed by atoms with Gasteiger partial charge in [0.1, 0.15) is 0 Å². The van der Waals surface area contributed by atoms with Crippen LogP contribution in [-0.2, 0) is 23.1 Å². The zero-order valence-electron chi connectivity index (χ0n) is 15.5. The molecular weight excluding hydrogens is 380 g/mol. The molecule has 8 heteroatoms. The molecule has 0 saturated carbocycles. The first-order valence-corrected chi connectivity index (χ1v) is 11.5. The molecule has 1 aromatic heterocycles. The van der Waals surface area contributed by atoms with Gasteiger partial charge >= 0.3 is 0 Å². The van der Waals surface area contributed by atoms with Crippen LogP contribution in [0.2, 0.25) is 0 Å². The lowest BCUT2D eigenvalue weighted by atomic mass is 10.2. The maximum absolute atomic E-state index is 12.7. The monoisotopic (exact) mass is 406 g/mol. The van der Waals surface area contributed by atoms with E-state index < -0.39 is 10.0 Å². The second-order valence-corrected chi connectivity index (χ2v) is 9.24. The van der Waals surface area contributed by atoms with Gasteiger partial charge in [-0.05, 0) is 52.9 Å². The van der Waals surface area contributed by atoms with Crippen molar-refractivity contribution in [3.63, 3.8) is 0 Å². The number of hydrogen-bond donors (Lipinski definition) is 2. The van der Waals surface area contributed by atoms with Gasteiger partial charge in [0.2, 0.25) is 10.0 Å². The van der Waals surface area contributed by atoms with E-state index in [1.807, 2.05) is 17.5 Å². The number of guanidine groups is 1. The largest absolute Gasteiger partial charge is 0.352 e. The van der Waals surface area contributed by atoms with Crippen molar-refractivity contribution in [1.29, 1.82) is 0 Å². The number of rotatable bonds is 6. The molecule has 1 aliphatic rings. The van der Waals surface area contributed by atoms with E-state index in [-0.39, 0.29) is 0 Å². The minimum atomic E-state index is -3.37. The van der Waals surface area contributed by atoms with Crippen LogP contribution in [0.15, 0.2) is 51.0 Å². The highest BCUT2D eigenvalue weighted by Gasteiger charge is 2.25. The van der Waals surface area contributed by atoms with Crippen molar-refractivity contribution in [2.24, 2.45) is 4.99 Å². The maximum Gasteiger partial charge on any atom is 0.243 e. The Morgan fingerprint density at radius 3 is 2.30 bits per heavy atom. The molecule has 0 unspecified atom stereocenters. The van der Waals surface area contributed by atoms with Crippen molar-refractivity contribution in [1.82, 2.24) is 14.9 Å². The summed E-state index contributed by atoms with van der Waals surface area (Å²) < 4.78 is 27.0. The fourth-order valence-corrected chi connectivity index (χ4v) is 5.20. The van der Waals surface area contributed by atoms with Gasteiger partial charge < -0.3 is 10.6 Å². The van der Waals surface area contributed by atoms with Gasteiger partial charge in [-0.25, -0.2) is 8.42 Å². The highest BCUT2D eigenvalue weighted by molar-refractivity contribution is 7.89. The molecule has 146 valence electrons. The van der Waals surface area contributed by atoms with E-state index in [0.717, 1.165) is 31.4 Å². The summed E-state index contributed by atoms with van der Waals surface area (Å²) in [6.07, 6.45) is 3.00. The van der Waals surface area contributed by atoms with E-state index in [1.54, 1.807) is 34.8 Å². The molecule has 2 N–H and O–H groups in total. The lowest BCUT2D eigenvalue weighted by molar-refractivity contribution is 0.346. The maximum atomic E-state index is 12.7. The van der Waals surface area contributed by atoms with E-state index >= 15 is 0 Å². The van der Waals surface area contributed by atoms with Gasteiger partial charge in [0, 0.05) is 33.2 Å².